The first-order valence-corrected chi connectivity index (χ1v) is 12.0. The molecule has 3 heterocycles. The molecule has 2 aliphatic heterocycles. The number of carbonyl (C=O) groups excluding carboxylic acids is 1. The summed E-state index contributed by atoms with van der Waals surface area (Å²) < 4.78 is 13.5. The highest BCUT2D eigenvalue weighted by molar-refractivity contribution is 7.18. The van der Waals surface area contributed by atoms with Crippen LogP contribution < -0.4 is 0 Å². The SMILES string of the molecule is CC1(C(=O)N2CCOC3(CN(Cc4nc5ccccc5s4)CCO3)C2)CCCCC1. The number of benzene rings is 1. The first-order chi connectivity index (χ1) is 14.6. The summed E-state index contributed by atoms with van der Waals surface area (Å²) in [4.78, 5) is 22.5. The van der Waals surface area contributed by atoms with E-state index in [9.17, 15) is 4.79 Å². The molecule has 5 rings (SSSR count). The fraction of sp³-hybridized carbons (Fsp3) is 0.652. The van der Waals surface area contributed by atoms with Crippen molar-refractivity contribution < 1.29 is 14.3 Å². The number of morpholine rings is 2. The predicted molar refractivity (Wildman–Crippen MR) is 117 cm³/mol. The second kappa shape index (κ2) is 8.19. The summed E-state index contributed by atoms with van der Waals surface area (Å²) in [6.07, 6.45) is 5.57. The minimum absolute atomic E-state index is 0.216. The number of amides is 1. The second-order valence-corrected chi connectivity index (χ2v) is 10.4. The molecule has 7 heteroatoms. The number of thiazole rings is 1. The van der Waals surface area contributed by atoms with Crippen LogP contribution in [0.2, 0.25) is 0 Å². The zero-order chi connectivity index (χ0) is 20.6. The molecule has 1 spiro atoms. The van der Waals surface area contributed by atoms with Crippen LogP contribution in [0.1, 0.15) is 44.0 Å². The molecule has 1 saturated carbocycles. The number of ether oxygens (including phenoxy) is 2. The van der Waals surface area contributed by atoms with Gasteiger partial charge in [0.1, 0.15) is 5.01 Å². The van der Waals surface area contributed by atoms with Crippen LogP contribution in [0.15, 0.2) is 24.3 Å². The van der Waals surface area contributed by atoms with E-state index >= 15 is 0 Å². The molecule has 1 aromatic carbocycles. The highest BCUT2D eigenvalue weighted by atomic mass is 32.1. The predicted octanol–water partition coefficient (Wildman–Crippen LogP) is 3.65. The zero-order valence-corrected chi connectivity index (χ0v) is 18.6. The molecule has 3 aliphatic rings. The van der Waals surface area contributed by atoms with Gasteiger partial charge in [-0.2, -0.15) is 0 Å². The van der Waals surface area contributed by atoms with Crippen molar-refractivity contribution in [3.05, 3.63) is 29.3 Å². The molecule has 0 N–H and O–H groups in total. The van der Waals surface area contributed by atoms with E-state index in [1.165, 1.54) is 11.1 Å². The Balaban J connectivity index is 1.27. The summed E-state index contributed by atoms with van der Waals surface area (Å²) >= 11 is 1.75. The molecular formula is C23H31N3O3S. The Morgan fingerprint density at radius 2 is 1.87 bits per heavy atom. The Kier molecular flexibility index (Phi) is 5.56. The third kappa shape index (κ3) is 4.00. The Hall–Kier alpha value is -1.54. The lowest BCUT2D eigenvalue weighted by Crippen LogP contribution is -2.64. The number of nitrogens with zero attached hydrogens (tertiary/aromatic N) is 3. The van der Waals surface area contributed by atoms with Gasteiger partial charge in [-0.3, -0.25) is 9.69 Å². The Bertz CT molecular complexity index is 873. The number of para-hydroxylation sites is 1. The standard InChI is InChI=1S/C23H31N3O3S/c1-22(9-5-2-6-10-22)21(27)26-12-14-29-23(17-26)16-25(11-13-28-23)15-20-24-18-7-3-4-8-19(18)30-20/h3-4,7-8H,2,5-6,9-17H2,1H3. The molecule has 2 aromatic rings. The average Bonchev–Trinajstić information content (AvgIpc) is 3.16. The van der Waals surface area contributed by atoms with E-state index < -0.39 is 5.79 Å². The Labute approximate surface area is 182 Å². The van der Waals surface area contributed by atoms with Crippen LogP contribution in [-0.4, -0.2) is 65.9 Å². The van der Waals surface area contributed by atoms with Gasteiger partial charge in [0.15, 0.2) is 5.79 Å². The van der Waals surface area contributed by atoms with Crippen molar-refractivity contribution >= 4 is 27.5 Å². The van der Waals surface area contributed by atoms with E-state index in [0.717, 1.165) is 49.3 Å². The van der Waals surface area contributed by atoms with Gasteiger partial charge in [-0.25, -0.2) is 4.98 Å². The van der Waals surface area contributed by atoms with E-state index in [0.29, 0.717) is 32.8 Å². The van der Waals surface area contributed by atoms with Gasteiger partial charge in [-0.1, -0.05) is 38.3 Å². The summed E-state index contributed by atoms with van der Waals surface area (Å²) in [5, 5.41) is 1.12. The first kappa shape index (κ1) is 20.4. The van der Waals surface area contributed by atoms with Gasteiger partial charge in [0.05, 0.1) is 43.1 Å². The van der Waals surface area contributed by atoms with E-state index in [1.54, 1.807) is 11.3 Å². The van der Waals surface area contributed by atoms with Gasteiger partial charge in [-0.15, -0.1) is 11.3 Å². The van der Waals surface area contributed by atoms with Crippen molar-refractivity contribution in [2.24, 2.45) is 5.41 Å². The minimum atomic E-state index is -0.714. The minimum Gasteiger partial charge on any atom is -0.346 e. The van der Waals surface area contributed by atoms with Gasteiger partial charge in [0.2, 0.25) is 5.91 Å². The van der Waals surface area contributed by atoms with Crippen LogP contribution in [0.5, 0.6) is 0 Å². The first-order valence-electron chi connectivity index (χ1n) is 11.2. The number of carbonyl (C=O) groups is 1. The van der Waals surface area contributed by atoms with Gasteiger partial charge in [-0.05, 0) is 25.0 Å². The van der Waals surface area contributed by atoms with Gasteiger partial charge >= 0.3 is 0 Å². The van der Waals surface area contributed by atoms with Crippen LogP contribution in [-0.2, 0) is 20.8 Å². The zero-order valence-electron chi connectivity index (χ0n) is 17.8. The molecule has 0 radical (unpaired) electrons. The van der Waals surface area contributed by atoms with E-state index in [4.69, 9.17) is 14.5 Å². The lowest BCUT2D eigenvalue weighted by atomic mass is 9.74. The average molecular weight is 430 g/mol. The molecule has 3 fully saturated rings. The molecule has 1 atom stereocenters. The highest BCUT2D eigenvalue weighted by Crippen LogP contribution is 2.38. The molecule has 6 nitrogen and oxygen atoms in total. The molecule has 2 saturated heterocycles. The van der Waals surface area contributed by atoms with Crippen molar-refractivity contribution in [2.45, 2.75) is 51.4 Å². The van der Waals surface area contributed by atoms with Crippen LogP contribution in [0.25, 0.3) is 10.2 Å². The third-order valence-electron chi connectivity index (χ3n) is 6.85. The molecule has 1 amide bonds. The van der Waals surface area contributed by atoms with E-state index in [1.807, 2.05) is 11.0 Å². The van der Waals surface area contributed by atoms with Crippen LogP contribution in [0.3, 0.4) is 0 Å². The fourth-order valence-corrected chi connectivity index (χ4v) is 6.19. The van der Waals surface area contributed by atoms with Crippen molar-refractivity contribution in [1.29, 1.82) is 0 Å². The number of fused-ring (bicyclic) bond motifs is 1. The van der Waals surface area contributed by atoms with Crippen molar-refractivity contribution in [2.75, 3.05) is 39.4 Å². The maximum absolute atomic E-state index is 13.4. The van der Waals surface area contributed by atoms with Crippen molar-refractivity contribution in [3.8, 4) is 0 Å². The largest absolute Gasteiger partial charge is 0.346 e. The highest BCUT2D eigenvalue weighted by Gasteiger charge is 2.46. The molecule has 162 valence electrons. The molecule has 1 aliphatic carbocycles. The topological polar surface area (TPSA) is 54.9 Å². The Morgan fingerprint density at radius 3 is 2.67 bits per heavy atom. The van der Waals surface area contributed by atoms with Gasteiger partial charge in [0, 0.05) is 18.5 Å². The normalized spacial score (nSPS) is 27.6. The number of hydrogen-bond acceptors (Lipinski definition) is 6. The molecule has 30 heavy (non-hydrogen) atoms. The monoisotopic (exact) mass is 429 g/mol. The summed E-state index contributed by atoms with van der Waals surface area (Å²) in [6.45, 7) is 6.81. The van der Waals surface area contributed by atoms with E-state index in [2.05, 4.69) is 30.0 Å². The summed E-state index contributed by atoms with van der Waals surface area (Å²) in [6, 6.07) is 8.28. The Morgan fingerprint density at radius 1 is 1.10 bits per heavy atom. The number of hydrogen-bond donors (Lipinski definition) is 0. The lowest BCUT2D eigenvalue weighted by Gasteiger charge is -2.49. The molecule has 1 unspecified atom stereocenters. The maximum atomic E-state index is 13.4. The second-order valence-electron chi connectivity index (χ2n) is 9.24. The van der Waals surface area contributed by atoms with Gasteiger partial charge < -0.3 is 14.4 Å². The molecule has 0 bridgehead atoms. The number of rotatable bonds is 3. The fourth-order valence-electron chi connectivity index (χ4n) is 5.18. The van der Waals surface area contributed by atoms with Crippen LogP contribution in [0.4, 0.5) is 0 Å². The molecule has 1 aromatic heterocycles. The van der Waals surface area contributed by atoms with Crippen LogP contribution >= 0.6 is 11.3 Å². The summed E-state index contributed by atoms with van der Waals surface area (Å²) in [5.74, 6) is -0.426. The smallest absolute Gasteiger partial charge is 0.228 e. The third-order valence-corrected chi connectivity index (χ3v) is 7.87. The van der Waals surface area contributed by atoms with Crippen molar-refractivity contribution in [1.82, 2.24) is 14.8 Å². The molecular weight excluding hydrogens is 398 g/mol. The van der Waals surface area contributed by atoms with E-state index in [-0.39, 0.29) is 11.3 Å². The van der Waals surface area contributed by atoms with Gasteiger partial charge in [0.25, 0.3) is 0 Å². The lowest BCUT2D eigenvalue weighted by molar-refractivity contribution is -0.291. The maximum Gasteiger partial charge on any atom is 0.228 e. The van der Waals surface area contributed by atoms with Crippen molar-refractivity contribution in [3.63, 3.8) is 0 Å². The number of aromatic nitrogens is 1. The quantitative estimate of drug-likeness (QED) is 0.745. The van der Waals surface area contributed by atoms with Crippen LogP contribution in [0, 0.1) is 5.41 Å². The summed E-state index contributed by atoms with van der Waals surface area (Å²) in [7, 11) is 0. The summed E-state index contributed by atoms with van der Waals surface area (Å²) in [5.41, 5.74) is 0.846.